The molecule has 0 amide bonds. The van der Waals surface area contributed by atoms with E-state index in [2.05, 4.69) is 0 Å². The Kier molecular flexibility index (Phi) is 7.38. The Morgan fingerprint density at radius 2 is 0.947 bits per heavy atom. The van der Waals surface area contributed by atoms with Crippen molar-refractivity contribution in [2.75, 3.05) is 0 Å². The first kappa shape index (κ1) is 17.6. The van der Waals surface area contributed by atoms with Gasteiger partial charge in [0.1, 0.15) is 11.6 Å². The summed E-state index contributed by atoms with van der Waals surface area (Å²) in [6.45, 7) is 0. The summed E-state index contributed by atoms with van der Waals surface area (Å²) >= 11 is 0. The molecule has 100 valence electrons. The van der Waals surface area contributed by atoms with Crippen molar-refractivity contribution in [1.29, 1.82) is 0 Å². The molecule has 2 aromatic carbocycles. The van der Waals surface area contributed by atoms with Gasteiger partial charge >= 0.3 is 0 Å². The molecule has 0 aliphatic heterocycles. The molecule has 0 saturated carbocycles. The molecule has 0 saturated heterocycles. The zero-order valence-corrected chi connectivity index (χ0v) is 11.8. The van der Waals surface area contributed by atoms with Crippen LogP contribution in [0.4, 0.5) is 17.6 Å². The molecular formula is C12H8F4O2Zr. The number of aromatic hydroxyl groups is 2. The van der Waals surface area contributed by atoms with E-state index < -0.39 is 34.8 Å². The van der Waals surface area contributed by atoms with Crippen LogP contribution in [0, 0.1) is 23.3 Å². The van der Waals surface area contributed by atoms with Crippen LogP contribution in [-0.2, 0) is 26.2 Å². The third-order valence-corrected chi connectivity index (χ3v) is 1.82. The molecule has 2 nitrogen and oxygen atoms in total. The molecule has 2 rings (SSSR count). The predicted octanol–water partition coefficient (Wildman–Crippen LogP) is 3.34. The Hall–Kier alpha value is -1.36. The van der Waals surface area contributed by atoms with Crippen LogP contribution >= 0.6 is 0 Å². The average molecular weight is 351 g/mol. The first-order valence-electron chi connectivity index (χ1n) is 4.68. The molecule has 0 unspecified atom stereocenters. The van der Waals surface area contributed by atoms with Crippen LogP contribution in [0.5, 0.6) is 11.5 Å². The molecule has 0 aromatic heterocycles. The molecule has 0 radical (unpaired) electrons. The minimum atomic E-state index is -0.935. The van der Waals surface area contributed by atoms with Crippen molar-refractivity contribution in [3.63, 3.8) is 0 Å². The van der Waals surface area contributed by atoms with Crippen LogP contribution in [0.1, 0.15) is 0 Å². The van der Waals surface area contributed by atoms with Crippen molar-refractivity contribution in [3.05, 3.63) is 59.7 Å². The number of hydrogen-bond donors (Lipinski definition) is 2. The summed E-state index contributed by atoms with van der Waals surface area (Å²) in [7, 11) is 0. The van der Waals surface area contributed by atoms with E-state index in [9.17, 15) is 17.6 Å². The summed E-state index contributed by atoms with van der Waals surface area (Å²) in [6, 6.07) is 5.14. The van der Waals surface area contributed by atoms with Crippen molar-refractivity contribution in [2.24, 2.45) is 0 Å². The van der Waals surface area contributed by atoms with E-state index >= 15 is 0 Å². The Labute approximate surface area is 125 Å². The number of phenols is 2. The summed E-state index contributed by atoms with van der Waals surface area (Å²) in [5.74, 6) is -4.31. The van der Waals surface area contributed by atoms with Gasteiger partial charge in [-0.1, -0.05) is 0 Å². The maximum absolute atomic E-state index is 12.1. The molecular weight excluding hydrogens is 343 g/mol. The quantitative estimate of drug-likeness (QED) is 0.715. The molecule has 0 atom stereocenters. The molecule has 0 fully saturated rings. The van der Waals surface area contributed by atoms with Gasteiger partial charge in [0.05, 0.1) is 0 Å². The fraction of sp³-hybridized carbons (Fsp3) is 0. The molecule has 19 heavy (non-hydrogen) atoms. The summed E-state index contributed by atoms with van der Waals surface area (Å²) in [6.07, 6.45) is 0. The number of halogens is 4. The van der Waals surface area contributed by atoms with Gasteiger partial charge in [-0.2, -0.15) is 0 Å². The average Bonchev–Trinajstić information content (AvgIpc) is 2.30. The van der Waals surface area contributed by atoms with E-state index in [1.807, 2.05) is 0 Å². The van der Waals surface area contributed by atoms with Gasteiger partial charge in [0.25, 0.3) is 0 Å². The fourth-order valence-corrected chi connectivity index (χ4v) is 0.963. The second-order valence-electron chi connectivity index (χ2n) is 3.19. The van der Waals surface area contributed by atoms with E-state index in [0.29, 0.717) is 12.1 Å². The molecule has 2 aromatic rings. The first-order chi connectivity index (χ1) is 8.40. The van der Waals surface area contributed by atoms with E-state index in [4.69, 9.17) is 10.2 Å². The van der Waals surface area contributed by atoms with Gasteiger partial charge in [-0.25, -0.2) is 17.6 Å². The number of benzene rings is 2. The van der Waals surface area contributed by atoms with Crippen molar-refractivity contribution in [2.45, 2.75) is 0 Å². The Balaban J connectivity index is 0.000000324. The molecule has 0 bridgehead atoms. The second-order valence-corrected chi connectivity index (χ2v) is 3.19. The summed E-state index contributed by atoms with van der Waals surface area (Å²) in [4.78, 5) is 0. The molecule has 0 spiro atoms. The molecule has 0 heterocycles. The summed E-state index contributed by atoms with van der Waals surface area (Å²) in [5, 5.41) is 17.0. The van der Waals surface area contributed by atoms with Crippen molar-refractivity contribution in [3.8, 4) is 11.5 Å². The minimum absolute atomic E-state index is 0. The van der Waals surface area contributed by atoms with Crippen LogP contribution in [-0.4, -0.2) is 10.2 Å². The van der Waals surface area contributed by atoms with Crippen molar-refractivity contribution < 1.29 is 54.0 Å². The number of rotatable bonds is 0. The standard InChI is InChI=1S/2C6H4F2O.Zr/c2*7-4-1-2-6(9)5(8)3-4;/h2*1-3,9H;. The van der Waals surface area contributed by atoms with E-state index in [-0.39, 0.29) is 26.2 Å². The third kappa shape index (κ3) is 5.88. The van der Waals surface area contributed by atoms with E-state index in [0.717, 1.165) is 24.3 Å². The smallest absolute Gasteiger partial charge is 0.167 e. The van der Waals surface area contributed by atoms with Gasteiger partial charge in [-0.3, -0.25) is 0 Å². The molecule has 2 N–H and O–H groups in total. The van der Waals surface area contributed by atoms with Crippen molar-refractivity contribution in [1.82, 2.24) is 0 Å². The SMILES string of the molecule is Oc1ccc(F)cc1F.Oc1ccc(F)cc1F.[Zr]. The molecule has 0 aliphatic carbocycles. The van der Waals surface area contributed by atoms with Crippen LogP contribution in [0.3, 0.4) is 0 Å². The topological polar surface area (TPSA) is 40.5 Å². The van der Waals surface area contributed by atoms with Gasteiger partial charge in [0.15, 0.2) is 23.1 Å². The maximum Gasteiger partial charge on any atom is 0.167 e. The molecule has 7 heteroatoms. The third-order valence-electron chi connectivity index (χ3n) is 1.82. The van der Waals surface area contributed by atoms with Crippen LogP contribution in [0.2, 0.25) is 0 Å². The van der Waals surface area contributed by atoms with Crippen LogP contribution in [0.15, 0.2) is 36.4 Å². The van der Waals surface area contributed by atoms with Gasteiger partial charge in [0.2, 0.25) is 0 Å². The Morgan fingerprint density at radius 3 is 1.16 bits per heavy atom. The van der Waals surface area contributed by atoms with Gasteiger partial charge in [0, 0.05) is 38.3 Å². The Morgan fingerprint density at radius 1 is 0.632 bits per heavy atom. The molecule has 0 aliphatic rings. The van der Waals surface area contributed by atoms with Gasteiger partial charge in [-0.15, -0.1) is 0 Å². The zero-order chi connectivity index (χ0) is 13.7. The number of phenolic OH excluding ortho intramolecular Hbond substituents is 2. The van der Waals surface area contributed by atoms with Crippen molar-refractivity contribution >= 4 is 0 Å². The van der Waals surface area contributed by atoms with E-state index in [1.165, 1.54) is 0 Å². The largest absolute Gasteiger partial charge is 0.505 e. The minimum Gasteiger partial charge on any atom is -0.505 e. The van der Waals surface area contributed by atoms with Crippen LogP contribution < -0.4 is 0 Å². The fourth-order valence-electron chi connectivity index (χ4n) is 0.963. The van der Waals surface area contributed by atoms with Gasteiger partial charge < -0.3 is 10.2 Å². The maximum atomic E-state index is 12.1. The second kappa shape index (κ2) is 7.94. The number of hydrogen-bond acceptors (Lipinski definition) is 2. The predicted molar refractivity (Wildman–Crippen MR) is 56.0 cm³/mol. The zero-order valence-electron chi connectivity index (χ0n) is 9.37. The first-order valence-corrected chi connectivity index (χ1v) is 4.68. The Bertz CT molecular complexity index is 500. The monoisotopic (exact) mass is 350 g/mol. The normalized spacial score (nSPS) is 9.05. The van der Waals surface area contributed by atoms with Gasteiger partial charge in [-0.05, 0) is 24.3 Å². The van der Waals surface area contributed by atoms with Crippen LogP contribution in [0.25, 0.3) is 0 Å². The van der Waals surface area contributed by atoms with E-state index in [1.54, 1.807) is 0 Å². The summed E-state index contributed by atoms with van der Waals surface area (Å²) < 4.78 is 48.2. The summed E-state index contributed by atoms with van der Waals surface area (Å²) in [5.41, 5.74) is 0.